The molecule has 1 aliphatic carbocycles. The second-order valence-electron chi connectivity index (χ2n) is 3.56. The van der Waals surface area contributed by atoms with Crippen molar-refractivity contribution in [2.45, 2.75) is 32.6 Å². The largest absolute Gasteiger partial charge is 0.320 e. The minimum Gasteiger partial charge on any atom is -0.320 e. The predicted octanol–water partition coefficient (Wildman–Crippen LogP) is 2.03. The predicted molar refractivity (Wildman–Crippen MR) is 45.0 cm³/mol. The number of hydrogen-bond acceptors (Lipinski definition) is 1. The fourth-order valence-electron chi connectivity index (χ4n) is 1.98. The van der Waals surface area contributed by atoms with Crippen molar-refractivity contribution >= 4 is 0 Å². The lowest BCUT2D eigenvalue weighted by atomic mass is 9.95. The summed E-state index contributed by atoms with van der Waals surface area (Å²) in [6.45, 7) is 3.60. The Hall–Kier alpha value is -0.0400. The molecule has 10 heavy (non-hydrogen) atoms. The Balaban J connectivity index is 2.14. The molecule has 1 nitrogen and oxygen atoms in total. The Kier molecular flexibility index (Phi) is 3.20. The summed E-state index contributed by atoms with van der Waals surface area (Å²) in [6, 6.07) is 0. The summed E-state index contributed by atoms with van der Waals surface area (Å²) in [5.74, 6) is 2.01. The van der Waals surface area contributed by atoms with Gasteiger partial charge >= 0.3 is 0 Å². The Morgan fingerprint density at radius 1 is 1.40 bits per heavy atom. The van der Waals surface area contributed by atoms with Crippen molar-refractivity contribution in [2.24, 2.45) is 11.8 Å². The first-order valence-electron chi connectivity index (χ1n) is 4.49. The van der Waals surface area contributed by atoms with E-state index in [-0.39, 0.29) is 0 Å². The highest BCUT2D eigenvalue weighted by molar-refractivity contribution is 4.74. The van der Waals surface area contributed by atoms with E-state index in [0.29, 0.717) is 0 Å². The molecular weight excluding hydrogens is 122 g/mol. The molecule has 0 heterocycles. The average molecular weight is 141 g/mol. The zero-order valence-corrected chi connectivity index (χ0v) is 7.19. The first-order valence-corrected chi connectivity index (χ1v) is 4.49. The van der Waals surface area contributed by atoms with Crippen LogP contribution in [0.4, 0.5) is 0 Å². The van der Waals surface area contributed by atoms with Crippen molar-refractivity contribution in [1.82, 2.24) is 5.32 Å². The molecule has 0 radical (unpaired) electrons. The van der Waals surface area contributed by atoms with Gasteiger partial charge in [-0.2, -0.15) is 0 Å². The van der Waals surface area contributed by atoms with Gasteiger partial charge in [0.1, 0.15) is 0 Å². The maximum atomic E-state index is 3.22. The van der Waals surface area contributed by atoms with Crippen LogP contribution in [0, 0.1) is 11.8 Å². The average Bonchev–Trinajstić information content (AvgIpc) is 2.31. The van der Waals surface area contributed by atoms with E-state index in [4.69, 9.17) is 0 Å². The van der Waals surface area contributed by atoms with Crippen LogP contribution in [-0.2, 0) is 0 Å². The molecule has 0 spiro atoms. The van der Waals surface area contributed by atoms with Crippen molar-refractivity contribution in [2.75, 3.05) is 13.6 Å². The van der Waals surface area contributed by atoms with Crippen LogP contribution in [0.25, 0.3) is 0 Å². The van der Waals surface area contributed by atoms with Crippen LogP contribution >= 0.6 is 0 Å². The van der Waals surface area contributed by atoms with Gasteiger partial charge in [-0.1, -0.05) is 26.2 Å². The highest BCUT2D eigenvalue weighted by Gasteiger charge is 2.21. The van der Waals surface area contributed by atoms with Crippen LogP contribution in [0.2, 0.25) is 0 Å². The van der Waals surface area contributed by atoms with Crippen molar-refractivity contribution in [3.8, 4) is 0 Å². The minimum atomic E-state index is 0.994. The van der Waals surface area contributed by atoms with E-state index in [2.05, 4.69) is 12.2 Å². The fraction of sp³-hybridized carbons (Fsp3) is 1.00. The molecule has 1 fully saturated rings. The third kappa shape index (κ3) is 1.98. The lowest BCUT2D eigenvalue weighted by Gasteiger charge is -2.13. The summed E-state index contributed by atoms with van der Waals surface area (Å²) in [4.78, 5) is 0. The minimum absolute atomic E-state index is 0.994. The standard InChI is InChI=1S/C9H19N/c1-8-4-3-5-9(8)6-7-10-2/h8-10H,3-7H2,1-2H3/t8-,9-/m1/s1. The van der Waals surface area contributed by atoms with E-state index in [1.165, 1.54) is 32.2 Å². The second kappa shape index (κ2) is 3.97. The van der Waals surface area contributed by atoms with Crippen LogP contribution in [-0.4, -0.2) is 13.6 Å². The van der Waals surface area contributed by atoms with Gasteiger partial charge in [0, 0.05) is 0 Å². The van der Waals surface area contributed by atoms with Crippen LogP contribution in [0.1, 0.15) is 32.6 Å². The van der Waals surface area contributed by atoms with Gasteiger partial charge in [-0.3, -0.25) is 0 Å². The van der Waals surface area contributed by atoms with Crippen LogP contribution in [0.3, 0.4) is 0 Å². The summed E-state index contributed by atoms with van der Waals surface area (Å²) >= 11 is 0. The molecule has 0 aromatic carbocycles. The molecule has 0 amide bonds. The van der Waals surface area contributed by atoms with Gasteiger partial charge in [0.25, 0.3) is 0 Å². The number of nitrogens with one attached hydrogen (secondary N) is 1. The molecule has 1 heteroatoms. The van der Waals surface area contributed by atoms with Crippen LogP contribution in [0.5, 0.6) is 0 Å². The molecule has 2 atom stereocenters. The second-order valence-corrected chi connectivity index (χ2v) is 3.56. The maximum absolute atomic E-state index is 3.22. The van der Waals surface area contributed by atoms with Gasteiger partial charge in [-0.25, -0.2) is 0 Å². The van der Waals surface area contributed by atoms with E-state index in [9.17, 15) is 0 Å². The maximum Gasteiger partial charge on any atom is -0.00492 e. The Morgan fingerprint density at radius 2 is 2.20 bits per heavy atom. The van der Waals surface area contributed by atoms with E-state index in [1.807, 2.05) is 7.05 Å². The normalized spacial score (nSPS) is 33.0. The summed E-state index contributed by atoms with van der Waals surface area (Å²) < 4.78 is 0. The van der Waals surface area contributed by atoms with Gasteiger partial charge < -0.3 is 5.32 Å². The van der Waals surface area contributed by atoms with E-state index < -0.39 is 0 Å². The molecule has 0 aromatic rings. The van der Waals surface area contributed by atoms with E-state index in [1.54, 1.807) is 0 Å². The first-order chi connectivity index (χ1) is 4.84. The summed E-state index contributed by atoms with van der Waals surface area (Å²) in [6.07, 6.45) is 5.80. The number of rotatable bonds is 3. The highest BCUT2D eigenvalue weighted by Crippen LogP contribution is 2.32. The van der Waals surface area contributed by atoms with Crippen molar-refractivity contribution in [1.29, 1.82) is 0 Å². The van der Waals surface area contributed by atoms with Gasteiger partial charge in [-0.05, 0) is 31.8 Å². The van der Waals surface area contributed by atoms with Crippen LogP contribution < -0.4 is 5.32 Å². The Bertz CT molecular complexity index is 90.7. The molecule has 1 N–H and O–H groups in total. The third-order valence-electron chi connectivity index (χ3n) is 2.80. The topological polar surface area (TPSA) is 12.0 Å². The van der Waals surface area contributed by atoms with E-state index >= 15 is 0 Å². The quantitative estimate of drug-likeness (QED) is 0.634. The molecule has 0 unspecified atom stereocenters. The van der Waals surface area contributed by atoms with E-state index in [0.717, 1.165) is 11.8 Å². The molecule has 0 aromatic heterocycles. The zero-order chi connectivity index (χ0) is 7.40. The molecule has 0 saturated heterocycles. The summed E-state index contributed by atoms with van der Waals surface area (Å²) in [5.41, 5.74) is 0. The van der Waals surface area contributed by atoms with Crippen LogP contribution in [0.15, 0.2) is 0 Å². The smallest absolute Gasteiger partial charge is 0.00492 e. The molecular formula is C9H19N. The van der Waals surface area contributed by atoms with Gasteiger partial charge in [0.15, 0.2) is 0 Å². The van der Waals surface area contributed by atoms with Crippen molar-refractivity contribution in [3.05, 3.63) is 0 Å². The van der Waals surface area contributed by atoms with Crippen molar-refractivity contribution in [3.63, 3.8) is 0 Å². The monoisotopic (exact) mass is 141 g/mol. The number of hydrogen-bond donors (Lipinski definition) is 1. The van der Waals surface area contributed by atoms with Gasteiger partial charge in [-0.15, -0.1) is 0 Å². The zero-order valence-electron chi connectivity index (χ0n) is 7.19. The Labute approximate surface area is 64.2 Å². The third-order valence-corrected chi connectivity index (χ3v) is 2.80. The fourth-order valence-corrected chi connectivity index (χ4v) is 1.98. The lowest BCUT2D eigenvalue weighted by Crippen LogP contribution is -2.14. The summed E-state index contributed by atoms with van der Waals surface area (Å²) in [5, 5.41) is 3.22. The van der Waals surface area contributed by atoms with Gasteiger partial charge in [0.05, 0.1) is 0 Å². The molecule has 1 rings (SSSR count). The molecule has 1 saturated carbocycles. The Morgan fingerprint density at radius 3 is 2.70 bits per heavy atom. The summed E-state index contributed by atoms with van der Waals surface area (Å²) in [7, 11) is 2.04. The first kappa shape index (κ1) is 8.06. The van der Waals surface area contributed by atoms with Crippen molar-refractivity contribution < 1.29 is 0 Å². The molecule has 0 bridgehead atoms. The molecule has 1 aliphatic rings. The highest BCUT2D eigenvalue weighted by atomic mass is 14.8. The lowest BCUT2D eigenvalue weighted by molar-refractivity contribution is 0.387. The molecule has 0 aliphatic heterocycles. The molecule has 60 valence electrons. The SMILES string of the molecule is CNCC[C@H]1CCC[C@H]1C. The van der Waals surface area contributed by atoms with Gasteiger partial charge in [0.2, 0.25) is 0 Å².